The average Bonchev–Trinajstić information content (AvgIpc) is 3.04. The van der Waals surface area contributed by atoms with Crippen molar-refractivity contribution in [2.75, 3.05) is 18.4 Å². The van der Waals surface area contributed by atoms with Crippen molar-refractivity contribution in [3.63, 3.8) is 0 Å². The lowest BCUT2D eigenvalue weighted by Gasteiger charge is -2.44. The van der Waals surface area contributed by atoms with Gasteiger partial charge in [-0.3, -0.25) is 9.48 Å². The zero-order valence-corrected chi connectivity index (χ0v) is 17.5. The Bertz CT molecular complexity index is 920. The smallest absolute Gasteiger partial charge is 0.365 e. The van der Waals surface area contributed by atoms with Gasteiger partial charge in [-0.05, 0) is 62.4 Å². The van der Waals surface area contributed by atoms with Crippen LogP contribution in [0.25, 0.3) is 0 Å². The normalized spacial score (nSPS) is 24.6. The molecule has 0 spiro atoms. The minimum atomic E-state index is -4.25. The van der Waals surface area contributed by atoms with E-state index in [1.54, 1.807) is 18.3 Å². The zero-order valence-electron chi connectivity index (χ0n) is 17.5. The summed E-state index contributed by atoms with van der Waals surface area (Å²) in [4.78, 5) is 14.5. The molecule has 1 aromatic heterocycles. The van der Waals surface area contributed by atoms with Crippen LogP contribution in [-0.2, 0) is 6.42 Å². The van der Waals surface area contributed by atoms with Gasteiger partial charge in [0.25, 0.3) is 5.91 Å². The number of primary amides is 1. The lowest BCUT2D eigenvalue weighted by Crippen LogP contribution is -2.48. The standard InChI is InChI=1S/C22H28F3N5O/c1-14-11-17(29-9-2-10-29)7-8-19(14)30-13-18(20(26)31)21(28-30)27-16-5-3-15(4-6-16)12-22(23,24)25/h3-6,13-14,17,19H,2,7-12H2,1H3,(H2,26,31)(H,27,28). The Morgan fingerprint density at radius 3 is 2.48 bits per heavy atom. The summed E-state index contributed by atoms with van der Waals surface area (Å²) in [6.07, 6.45) is 0.915. The maximum absolute atomic E-state index is 12.6. The summed E-state index contributed by atoms with van der Waals surface area (Å²) in [6, 6.07) is 6.72. The number of halogens is 3. The number of likely N-dealkylation sites (tertiary alicyclic amines) is 1. The van der Waals surface area contributed by atoms with E-state index in [0.717, 1.165) is 19.3 Å². The maximum atomic E-state index is 12.6. The number of rotatable bonds is 6. The van der Waals surface area contributed by atoms with Gasteiger partial charge >= 0.3 is 6.18 Å². The molecule has 0 radical (unpaired) electrons. The topological polar surface area (TPSA) is 76.2 Å². The molecule has 1 saturated heterocycles. The van der Waals surface area contributed by atoms with Gasteiger partial charge in [0.15, 0.2) is 5.82 Å². The summed E-state index contributed by atoms with van der Waals surface area (Å²) in [5, 5.41) is 7.64. The number of alkyl halides is 3. The van der Waals surface area contributed by atoms with Crippen LogP contribution in [0.2, 0.25) is 0 Å². The molecule has 2 aromatic rings. The molecule has 9 heteroatoms. The second kappa shape index (κ2) is 8.53. The van der Waals surface area contributed by atoms with Crippen molar-refractivity contribution in [3.05, 3.63) is 41.6 Å². The van der Waals surface area contributed by atoms with Gasteiger partial charge in [0.1, 0.15) is 5.56 Å². The number of amides is 1. The Labute approximate surface area is 179 Å². The largest absolute Gasteiger partial charge is 0.393 e. The fourth-order valence-corrected chi connectivity index (χ4v) is 4.69. The quantitative estimate of drug-likeness (QED) is 0.711. The van der Waals surface area contributed by atoms with E-state index in [9.17, 15) is 18.0 Å². The van der Waals surface area contributed by atoms with E-state index >= 15 is 0 Å². The molecule has 2 heterocycles. The van der Waals surface area contributed by atoms with Gasteiger partial charge in [-0.15, -0.1) is 0 Å². The van der Waals surface area contributed by atoms with Crippen LogP contribution in [0.4, 0.5) is 24.7 Å². The third-order valence-corrected chi connectivity index (χ3v) is 6.46. The molecule has 1 amide bonds. The van der Waals surface area contributed by atoms with Gasteiger partial charge in [0.05, 0.1) is 12.5 Å². The molecule has 1 aliphatic carbocycles. The molecule has 3 unspecified atom stereocenters. The number of hydrogen-bond acceptors (Lipinski definition) is 4. The summed E-state index contributed by atoms with van der Waals surface area (Å²) in [5.41, 5.74) is 6.56. The molecular formula is C22H28F3N5O. The third kappa shape index (κ3) is 5.03. The van der Waals surface area contributed by atoms with Crippen molar-refractivity contribution in [2.24, 2.45) is 11.7 Å². The molecule has 2 aliphatic rings. The van der Waals surface area contributed by atoms with E-state index in [1.165, 1.54) is 31.6 Å². The van der Waals surface area contributed by atoms with Gasteiger partial charge in [0, 0.05) is 17.9 Å². The van der Waals surface area contributed by atoms with Crippen LogP contribution < -0.4 is 11.1 Å². The minimum Gasteiger partial charge on any atom is -0.365 e. The van der Waals surface area contributed by atoms with Gasteiger partial charge in [0.2, 0.25) is 0 Å². The van der Waals surface area contributed by atoms with E-state index in [-0.39, 0.29) is 17.2 Å². The number of anilines is 2. The number of carbonyl (C=O) groups excluding carboxylic acids is 1. The van der Waals surface area contributed by atoms with Crippen LogP contribution in [-0.4, -0.2) is 45.9 Å². The molecular weight excluding hydrogens is 407 g/mol. The van der Waals surface area contributed by atoms with E-state index < -0.39 is 18.5 Å². The molecule has 3 N–H and O–H groups in total. The van der Waals surface area contributed by atoms with E-state index in [1.807, 2.05) is 4.68 Å². The van der Waals surface area contributed by atoms with Gasteiger partial charge in [-0.2, -0.15) is 18.3 Å². The van der Waals surface area contributed by atoms with Gasteiger partial charge < -0.3 is 16.0 Å². The zero-order chi connectivity index (χ0) is 22.2. The second-order valence-corrected chi connectivity index (χ2v) is 8.75. The van der Waals surface area contributed by atoms with Crippen molar-refractivity contribution in [1.82, 2.24) is 14.7 Å². The fraction of sp³-hybridized carbons (Fsp3) is 0.545. The van der Waals surface area contributed by atoms with Crippen molar-refractivity contribution < 1.29 is 18.0 Å². The summed E-state index contributed by atoms with van der Waals surface area (Å²) < 4.78 is 39.5. The van der Waals surface area contributed by atoms with Crippen LogP contribution in [0.5, 0.6) is 0 Å². The van der Waals surface area contributed by atoms with Gasteiger partial charge in [-0.1, -0.05) is 19.1 Å². The first-order valence-corrected chi connectivity index (χ1v) is 10.8. The molecule has 1 saturated carbocycles. The number of hydrogen-bond donors (Lipinski definition) is 2. The molecule has 4 rings (SSSR count). The van der Waals surface area contributed by atoms with Crippen molar-refractivity contribution >= 4 is 17.4 Å². The Balaban J connectivity index is 1.48. The summed E-state index contributed by atoms with van der Waals surface area (Å²) >= 11 is 0. The highest BCUT2D eigenvalue weighted by atomic mass is 19.4. The highest BCUT2D eigenvalue weighted by Crippen LogP contribution is 2.37. The summed E-state index contributed by atoms with van der Waals surface area (Å²) in [6.45, 7) is 4.59. The molecule has 1 aliphatic heterocycles. The van der Waals surface area contributed by atoms with Crippen LogP contribution in [0.3, 0.4) is 0 Å². The lowest BCUT2D eigenvalue weighted by atomic mass is 9.81. The van der Waals surface area contributed by atoms with Crippen LogP contribution >= 0.6 is 0 Å². The molecule has 0 bridgehead atoms. The number of aromatic nitrogens is 2. The third-order valence-electron chi connectivity index (χ3n) is 6.46. The SMILES string of the molecule is CC1CC(N2CCC2)CCC1n1cc(C(N)=O)c(Nc2ccc(CC(F)(F)F)cc2)n1. The molecule has 2 fully saturated rings. The second-order valence-electron chi connectivity index (χ2n) is 8.75. The van der Waals surface area contributed by atoms with Crippen molar-refractivity contribution in [3.8, 4) is 0 Å². The number of benzene rings is 1. The predicted molar refractivity (Wildman–Crippen MR) is 112 cm³/mol. The predicted octanol–water partition coefficient (Wildman–Crippen LogP) is 4.27. The van der Waals surface area contributed by atoms with Crippen molar-refractivity contribution in [1.29, 1.82) is 0 Å². The molecule has 6 nitrogen and oxygen atoms in total. The summed E-state index contributed by atoms with van der Waals surface area (Å²) in [5.74, 6) is 0.145. The van der Waals surface area contributed by atoms with Crippen LogP contribution in [0, 0.1) is 5.92 Å². The summed E-state index contributed by atoms with van der Waals surface area (Å²) in [7, 11) is 0. The molecule has 168 valence electrons. The monoisotopic (exact) mass is 435 g/mol. The molecule has 3 atom stereocenters. The van der Waals surface area contributed by atoms with E-state index in [0.29, 0.717) is 23.5 Å². The Morgan fingerprint density at radius 1 is 1.23 bits per heavy atom. The number of carbonyl (C=O) groups is 1. The highest BCUT2D eigenvalue weighted by Gasteiger charge is 2.34. The Hall–Kier alpha value is -2.55. The minimum absolute atomic E-state index is 0.173. The first kappa shape index (κ1) is 21.7. The Kier molecular flexibility index (Phi) is 5.96. The number of nitrogens with zero attached hydrogens (tertiary/aromatic N) is 3. The van der Waals surface area contributed by atoms with Crippen molar-refractivity contribution in [2.45, 2.75) is 57.3 Å². The lowest BCUT2D eigenvalue weighted by molar-refractivity contribution is -0.127. The van der Waals surface area contributed by atoms with Crippen LogP contribution in [0.1, 0.15) is 54.6 Å². The van der Waals surface area contributed by atoms with Gasteiger partial charge in [-0.25, -0.2) is 0 Å². The number of nitrogens with one attached hydrogen (secondary N) is 1. The number of nitrogens with two attached hydrogens (primary N) is 1. The maximum Gasteiger partial charge on any atom is 0.393 e. The highest BCUT2D eigenvalue weighted by molar-refractivity contribution is 5.98. The first-order valence-electron chi connectivity index (χ1n) is 10.8. The average molecular weight is 435 g/mol. The molecule has 31 heavy (non-hydrogen) atoms. The fourth-order valence-electron chi connectivity index (χ4n) is 4.69. The van der Waals surface area contributed by atoms with E-state index in [2.05, 4.69) is 22.2 Å². The molecule has 1 aromatic carbocycles. The Morgan fingerprint density at radius 2 is 1.94 bits per heavy atom. The first-order chi connectivity index (χ1) is 14.7. The van der Waals surface area contributed by atoms with E-state index in [4.69, 9.17) is 5.73 Å². The van der Waals surface area contributed by atoms with Crippen LogP contribution in [0.15, 0.2) is 30.5 Å².